The predicted molar refractivity (Wildman–Crippen MR) is 124 cm³/mol. The van der Waals surface area contributed by atoms with Gasteiger partial charge in [0.15, 0.2) is 0 Å². The summed E-state index contributed by atoms with van der Waals surface area (Å²) in [5, 5.41) is 20.4. The van der Waals surface area contributed by atoms with Gasteiger partial charge in [-0.25, -0.2) is 0 Å². The summed E-state index contributed by atoms with van der Waals surface area (Å²) >= 11 is 6.53. The first kappa shape index (κ1) is 21.5. The van der Waals surface area contributed by atoms with E-state index in [9.17, 15) is 10.2 Å². The second-order valence-corrected chi connectivity index (χ2v) is 10.5. The van der Waals surface area contributed by atoms with Gasteiger partial charge in [-0.2, -0.15) is 0 Å². The molecule has 3 atom stereocenters. The molecule has 3 fully saturated rings. The van der Waals surface area contributed by atoms with E-state index in [-0.39, 0.29) is 18.8 Å². The summed E-state index contributed by atoms with van der Waals surface area (Å²) in [5.74, 6) is 0.724. The molecule has 0 bridgehead atoms. The van der Waals surface area contributed by atoms with Crippen LogP contribution in [0.15, 0.2) is 42.5 Å². The van der Waals surface area contributed by atoms with Crippen LogP contribution in [0.4, 0.5) is 0 Å². The molecule has 1 saturated heterocycles. The number of aliphatic hydroxyl groups excluding tert-OH is 2. The number of benzene rings is 2. The maximum Gasteiger partial charge on any atom is 0.0854 e. The molecule has 2 aromatic carbocycles. The van der Waals surface area contributed by atoms with Crippen molar-refractivity contribution in [3.8, 4) is 0 Å². The van der Waals surface area contributed by atoms with Crippen molar-refractivity contribution in [3.63, 3.8) is 0 Å². The van der Waals surface area contributed by atoms with E-state index in [2.05, 4.69) is 30.3 Å². The summed E-state index contributed by atoms with van der Waals surface area (Å²) < 4.78 is 5.99. The Balaban J connectivity index is 1.27. The van der Waals surface area contributed by atoms with Crippen LogP contribution in [0.3, 0.4) is 0 Å². The Hall–Kier alpha value is -1.39. The zero-order valence-corrected chi connectivity index (χ0v) is 18.9. The molecule has 3 nitrogen and oxygen atoms in total. The van der Waals surface area contributed by atoms with Crippen molar-refractivity contribution in [2.45, 2.75) is 82.0 Å². The molecule has 0 amide bonds. The third kappa shape index (κ3) is 4.85. The van der Waals surface area contributed by atoms with Crippen LogP contribution in [0.5, 0.6) is 0 Å². The largest absolute Gasteiger partial charge is 0.394 e. The van der Waals surface area contributed by atoms with Gasteiger partial charge in [-0.15, -0.1) is 0 Å². The van der Waals surface area contributed by atoms with Crippen LogP contribution in [0.1, 0.15) is 85.6 Å². The van der Waals surface area contributed by atoms with E-state index in [1.165, 1.54) is 49.7 Å². The van der Waals surface area contributed by atoms with E-state index in [1.54, 1.807) is 0 Å². The van der Waals surface area contributed by atoms with Crippen molar-refractivity contribution in [1.29, 1.82) is 0 Å². The molecule has 2 saturated carbocycles. The highest BCUT2D eigenvalue weighted by atomic mass is 35.5. The lowest BCUT2D eigenvalue weighted by Gasteiger charge is -2.32. The minimum atomic E-state index is -0.447. The molecule has 5 rings (SSSR count). The molecule has 1 spiro atoms. The van der Waals surface area contributed by atoms with Gasteiger partial charge < -0.3 is 14.9 Å². The van der Waals surface area contributed by atoms with E-state index >= 15 is 0 Å². The second kappa shape index (κ2) is 8.86. The first-order chi connectivity index (χ1) is 15.0. The Labute approximate surface area is 190 Å². The summed E-state index contributed by atoms with van der Waals surface area (Å²) in [6.45, 7) is -0.0671. The lowest BCUT2D eigenvalue weighted by Crippen LogP contribution is -2.33. The molecule has 3 unspecified atom stereocenters. The van der Waals surface area contributed by atoms with Gasteiger partial charge in [-0.05, 0) is 84.6 Å². The molecule has 3 aliphatic rings. The fourth-order valence-corrected chi connectivity index (χ4v) is 5.81. The number of hydrogen-bond donors (Lipinski definition) is 2. The summed E-state index contributed by atoms with van der Waals surface area (Å²) in [4.78, 5) is 0. The lowest BCUT2D eigenvalue weighted by atomic mass is 9.77. The average molecular weight is 441 g/mol. The molecule has 2 N–H and O–H groups in total. The van der Waals surface area contributed by atoms with Crippen LogP contribution in [-0.4, -0.2) is 29.0 Å². The minimum absolute atomic E-state index is 0.0671. The molecule has 166 valence electrons. The third-order valence-corrected chi connectivity index (χ3v) is 8.24. The van der Waals surface area contributed by atoms with E-state index < -0.39 is 6.10 Å². The minimum Gasteiger partial charge on any atom is -0.394 e. The number of rotatable bonds is 5. The molecule has 31 heavy (non-hydrogen) atoms. The topological polar surface area (TPSA) is 49.7 Å². The molecule has 0 radical (unpaired) electrons. The Kier molecular flexibility index (Phi) is 6.13. The van der Waals surface area contributed by atoms with E-state index in [0.717, 1.165) is 33.9 Å². The summed E-state index contributed by atoms with van der Waals surface area (Å²) in [6.07, 6.45) is 9.29. The average Bonchev–Trinajstić information content (AvgIpc) is 3.54. The number of ether oxygens (including phenoxy) is 1. The van der Waals surface area contributed by atoms with Crippen molar-refractivity contribution >= 4 is 11.6 Å². The molecule has 1 aliphatic heterocycles. The smallest absolute Gasteiger partial charge is 0.0854 e. The van der Waals surface area contributed by atoms with Gasteiger partial charge in [0.25, 0.3) is 0 Å². The van der Waals surface area contributed by atoms with Gasteiger partial charge in [0.05, 0.1) is 24.9 Å². The summed E-state index contributed by atoms with van der Waals surface area (Å²) in [6, 6.07) is 15.1. The van der Waals surface area contributed by atoms with Crippen LogP contribution in [0, 0.1) is 5.41 Å². The highest BCUT2D eigenvalue weighted by Gasteiger charge is 2.44. The fraction of sp³-hybridized carbons (Fsp3) is 0.556. The normalized spacial score (nSPS) is 28.0. The van der Waals surface area contributed by atoms with Crippen molar-refractivity contribution in [3.05, 3.63) is 69.7 Å². The van der Waals surface area contributed by atoms with Crippen molar-refractivity contribution in [2.24, 2.45) is 5.41 Å². The Morgan fingerprint density at radius 3 is 2.32 bits per heavy atom. The van der Waals surface area contributed by atoms with Crippen molar-refractivity contribution < 1.29 is 14.9 Å². The van der Waals surface area contributed by atoms with Crippen LogP contribution in [-0.2, 0) is 11.2 Å². The third-order valence-electron chi connectivity index (χ3n) is 7.87. The summed E-state index contributed by atoms with van der Waals surface area (Å²) in [5.41, 5.74) is 5.58. The first-order valence-corrected chi connectivity index (χ1v) is 12.2. The highest BCUT2D eigenvalue weighted by Crippen LogP contribution is 2.58. The van der Waals surface area contributed by atoms with E-state index in [0.29, 0.717) is 12.8 Å². The molecule has 2 aliphatic carbocycles. The number of aliphatic hydroxyl groups is 2. The Morgan fingerprint density at radius 1 is 0.935 bits per heavy atom. The maximum atomic E-state index is 10.1. The molecular weight excluding hydrogens is 408 g/mol. The van der Waals surface area contributed by atoms with Gasteiger partial charge >= 0.3 is 0 Å². The molecule has 0 aromatic heterocycles. The van der Waals surface area contributed by atoms with Crippen LogP contribution in [0.2, 0.25) is 5.02 Å². The molecule has 2 aromatic rings. The van der Waals surface area contributed by atoms with Crippen molar-refractivity contribution in [1.82, 2.24) is 0 Å². The first-order valence-electron chi connectivity index (χ1n) is 11.9. The van der Waals surface area contributed by atoms with Crippen LogP contribution >= 0.6 is 11.6 Å². The predicted octanol–water partition coefficient (Wildman–Crippen LogP) is 5.94. The SMILES string of the molecule is OCC1CC(O)CC(c2ccc(Cl)c(Cc3ccc(C4CCC5(CC4)CC5)cc3)c2)O1. The Morgan fingerprint density at radius 2 is 1.65 bits per heavy atom. The maximum absolute atomic E-state index is 10.1. The molecule has 1 heterocycles. The zero-order valence-electron chi connectivity index (χ0n) is 18.1. The van der Waals surface area contributed by atoms with Crippen molar-refractivity contribution in [2.75, 3.05) is 6.61 Å². The fourth-order valence-electron chi connectivity index (χ4n) is 5.62. The summed E-state index contributed by atoms with van der Waals surface area (Å²) in [7, 11) is 0. The lowest BCUT2D eigenvalue weighted by molar-refractivity contribution is -0.113. The van der Waals surface area contributed by atoms with Gasteiger partial charge in [0.1, 0.15) is 0 Å². The monoisotopic (exact) mass is 440 g/mol. The molecule has 4 heteroatoms. The standard InChI is InChI=1S/C27H33ClO3/c28-25-6-5-21(26-16-23(30)15-24(17-29)31-26)14-22(25)13-18-1-3-19(4-2-18)20-7-9-27(10-8-20)11-12-27/h1-6,14,20,23-24,26,29-30H,7-13,15-17H2. The highest BCUT2D eigenvalue weighted by molar-refractivity contribution is 6.31. The van der Waals surface area contributed by atoms with Gasteiger partial charge in [0, 0.05) is 17.9 Å². The van der Waals surface area contributed by atoms with Gasteiger partial charge in [-0.3, -0.25) is 0 Å². The molecular formula is C27H33ClO3. The quantitative estimate of drug-likeness (QED) is 0.604. The van der Waals surface area contributed by atoms with E-state index in [4.69, 9.17) is 16.3 Å². The second-order valence-electron chi connectivity index (χ2n) is 10.1. The number of hydrogen-bond acceptors (Lipinski definition) is 3. The van der Waals surface area contributed by atoms with Gasteiger partial charge in [-0.1, -0.05) is 48.0 Å². The van der Waals surface area contributed by atoms with Crippen LogP contribution in [0.25, 0.3) is 0 Å². The Bertz CT molecular complexity index is 895. The van der Waals surface area contributed by atoms with E-state index in [1.807, 2.05) is 12.1 Å². The number of halogens is 1. The van der Waals surface area contributed by atoms with Crippen LogP contribution < -0.4 is 0 Å². The zero-order chi connectivity index (χ0) is 21.4. The van der Waals surface area contributed by atoms with Gasteiger partial charge in [0.2, 0.25) is 0 Å².